The van der Waals surface area contributed by atoms with E-state index in [1.165, 1.54) is 65.9 Å². The average molecular weight is 489 g/mol. The Kier molecular flexibility index (Phi) is 5.44. The zero-order chi connectivity index (χ0) is 25.5. The van der Waals surface area contributed by atoms with Crippen LogP contribution in [0.15, 0.2) is 109 Å². The molecule has 0 spiro atoms. The highest BCUT2D eigenvalue weighted by Crippen LogP contribution is 2.30. The van der Waals surface area contributed by atoms with Gasteiger partial charge in [-0.1, -0.05) is 97.1 Å². The van der Waals surface area contributed by atoms with Crippen LogP contribution in [0.2, 0.25) is 0 Å². The van der Waals surface area contributed by atoms with Gasteiger partial charge in [0.25, 0.3) is 0 Å². The van der Waals surface area contributed by atoms with Crippen LogP contribution in [0.3, 0.4) is 0 Å². The highest BCUT2D eigenvalue weighted by atomic mass is 15.0. The molecule has 0 atom stereocenters. The van der Waals surface area contributed by atoms with Crippen molar-refractivity contribution < 1.29 is 0 Å². The second-order valence-corrected chi connectivity index (χ2v) is 9.85. The summed E-state index contributed by atoms with van der Waals surface area (Å²) in [6.07, 6.45) is 8.77. The lowest BCUT2D eigenvalue weighted by atomic mass is 10.1. The van der Waals surface area contributed by atoms with E-state index >= 15 is 0 Å². The van der Waals surface area contributed by atoms with Crippen LogP contribution < -0.4 is 0 Å². The van der Waals surface area contributed by atoms with E-state index < -0.39 is 0 Å². The van der Waals surface area contributed by atoms with Gasteiger partial charge < -0.3 is 9.55 Å². The van der Waals surface area contributed by atoms with Gasteiger partial charge in [-0.3, -0.25) is 0 Å². The number of para-hydroxylation sites is 2. The van der Waals surface area contributed by atoms with E-state index in [0.717, 1.165) is 6.54 Å². The molecule has 2 heteroatoms. The van der Waals surface area contributed by atoms with Crippen LogP contribution in [0, 0.1) is 0 Å². The van der Waals surface area contributed by atoms with Crippen molar-refractivity contribution in [3.8, 4) is 0 Å². The van der Waals surface area contributed by atoms with Crippen molar-refractivity contribution in [3.63, 3.8) is 0 Å². The molecule has 0 aliphatic rings. The Labute approximate surface area is 222 Å². The minimum absolute atomic E-state index is 0.970. The summed E-state index contributed by atoms with van der Waals surface area (Å²) >= 11 is 0. The van der Waals surface area contributed by atoms with E-state index in [0.29, 0.717) is 0 Å². The molecule has 7 rings (SSSR count). The van der Waals surface area contributed by atoms with E-state index in [-0.39, 0.29) is 0 Å². The number of rotatable bonds is 5. The lowest BCUT2D eigenvalue weighted by Crippen LogP contribution is -1.92. The summed E-state index contributed by atoms with van der Waals surface area (Å²) in [6, 6.07) is 39.2. The summed E-state index contributed by atoms with van der Waals surface area (Å²) in [6.45, 7) is 3.18. The van der Waals surface area contributed by atoms with E-state index in [2.05, 4.69) is 150 Å². The number of H-pyrrole nitrogens is 1. The lowest BCUT2D eigenvalue weighted by molar-refractivity contribution is 0.827. The SMILES string of the molecule is CCn1c2ccccc2c2cc(/C=C/c3ccc(/C=C/c4ccc5[nH]c6ccccc6c5c4)cc3)ccc21. The first-order valence-corrected chi connectivity index (χ1v) is 13.2. The van der Waals surface area contributed by atoms with Crippen molar-refractivity contribution in [2.45, 2.75) is 13.5 Å². The van der Waals surface area contributed by atoms with Crippen molar-refractivity contribution in [2.75, 3.05) is 0 Å². The summed E-state index contributed by atoms with van der Waals surface area (Å²) in [4.78, 5) is 3.50. The van der Waals surface area contributed by atoms with Crippen molar-refractivity contribution in [1.82, 2.24) is 9.55 Å². The molecule has 7 aromatic rings. The maximum Gasteiger partial charge on any atom is 0.0491 e. The van der Waals surface area contributed by atoms with Gasteiger partial charge in [0.05, 0.1) is 0 Å². The smallest absolute Gasteiger partial charge is 0.0491 e. The number of hydrogen-bond acceptors (Lipinski definition) is 0. The van der Waals surface area contributed by atoms with Crippen LogP contribution in [-0.4, -0.2) is 9.55 Å². The molecule has 0 bridgehead atoms. The molecule has 0 saturated carbocycles. The zero-order valence-corrected chi connectivity index (χ0v) is 21.4. The topological polar surface area (TPSA) is 20.7 Å². The third-order valence-corrected chi connectivity index (χ3v) is 7.52. The van der Waals surface area contributed by atoms with Crippen LogP contribution in [0.1, 0.15) is 29.2 Å². The Morgan fingerprint density at radius 2 is 1.03 bits per heavy atom. The molecule has 0 radical (unpaired) electrons. The van der Waals surface area contributed by atoms with Crippen LogP contribution in [-0.2, 0) is 6.54 Å². The maximum atomic E-state index is 3.50. The monoisotopic (exact) mass is 488 g/mol. The average Bonchev–Trinajstić information content (AvgIpc) is 3.50. The molecule has 1 N–H and O–H groups in total. The van der Waals surface area contributed by atoms with E-state index in [1.54, 1.807) is 0 Å². The first-order valence-electron chi connectivity index (χ1n) is 13.2. The lowest BCUT2D eigenvalue weighted by Gasteiger charge is -2.03. The van der Waals surface area contributed by atoms with Gasteiger partial charge in [0.2, 0.25) is 0 Å². The highest BCUT2D eigenvalue weighted by molar-refractivity contribution is 6.09. The summed E-state index contributed by atoms with van der Waals surface area (Å²) < 4.78 is 2.39. The largest absolute Gasteiger partial charge is 0.355 e. The Morgan fingerprint density at radius 1 is 0.500 bits per heavy atom. The first-order chi connectivity index (χ1) is 18.8. The molecule has 2 heterocycles. The molecule has 5 aromatic carbocycles. The van der Waals surface area contributed by atoms with Crippen LogP contribution in [0.25, 0.3) is 67.9 Å². The van der Waals surface area contributed by atoms with Crippen LogP contribution in [0.5, 0.6) is 0 Å². The van der Waals surface area contributed by atoms with Gasteiger partial charge in [0, 0.05) is 50.2 Å². The molecule has 2 nitrogen and oxygen atoms in total. The van der Waals surface area contributed by atoms with Gasteiger partial charge in [-0.25, -0.2) is 0 Å². The van der Waals surface area contributed by atoms with E-state index in [9.17, 15) is 0 Å². The predicted octanol–water partition coefficient (Wildman–Crippen LogP) is 9.79. The van der Waals surface area contributed by atoms with Crippen molar-refractivity contribution in [2.24, 2.45) is 0 Å². The molecule has 0 aliphatic heterocycles. The van der Waals surface area contributed by atoms with Gasteiger partial charge in [-0.05, 0) is 65.6 Å². The van der Waals surface area contributed by atoms with Gasteiger partial charge in [0.1, 0.15) is 0 Å². The summed E-state index contributed by atoms with van der Waals surface area (Å²) in [5.74, 6) is 0. The number of aromatic amines is 1. The number of fused-ring (bicyclic) bond motifs is 6. The third kappa shape index (κ3) is 3.91. The van der Waals surface area contributed by atoms with Gasteiger partial charge in [-0.15, -0.1) is 0 Å². The number of nitrogens with zero attached hydrogens (tertiary/aromatic N) is 1. The standard InChI is InChI=1S/C36H28N2/c1-2-38-35-10-6-4-8-30(35)32-24-28(20-22-36(32)38)18-16-26-13-11-25(12-14-26)15-17-27-19-21-34-31(23-27)29-7-3-5-9-33(29)37-34/h3-24,37H,2H2,1H3/b17-15+,18-16+. The van der Waals surface area contributed by atoms with Crippen LogP contribution >= 0.6 is 0 Å². The molecule has 2 aromatic heterocycles. The number of benzene rings is 5. The molecule has 0 saturated heterocycles. The molecule has 182 valence electrons. The van der Waals surface area contributed by atoms with Crippen LogP contribution in [0.4, 0.5) is 0 Å². The molecule has 0 amide bonds. The van der Waals surface area contributed by atoms with Crippen molar-refractivity contribution in [1.29, 1.82) is 0 Å². The van der Waals surface area contributed by atoms with Gasteiger partial charge in [0.15, 0.2) is 0 Å². The molecular weight excluding hydrogens is 460 g/mol. The van der Waals surface area contributed by atoms with E-state index in [4.69, 9.17) is 0 Å². The van der Waals surface area contributed by atoms with Gasteiger partial charge in [-0.2, -0.15) is 0 Å². The second kappa shape index (κ2) is 9.24. The molecular formula is C36H28N2. The predicted molar refractivity (Wildman–Crippen MR) is 165 cm³/mol. The number of aromatic nitrogens is 2. The van der Waals surface area contributed by atoms with E-state index in [1.807, 2.05) is 0 Å². The molecule has 38 heavy (non-hydrogen) atoms. The number of nitrogens with one attached hydrogen (secondary N) is 1. The molecule has 0 fully saturated rings. The van der Waals surface area contributed by atoms with Crippen molar-refractivity contribution >= 4 is 67.9 Å². The Morgan fingerprint density at radius 3 is 1.76 bits per heavy atom. The highest BCUT2D eigenvalue weighted by Gasteiger charge is 2.09. The van der Waals surface area contributed by atoms with Crippen molar-refractivity contribution in [3.05, 3.63) is 131 Å². The zero-order valence-electron chi connectivity index (χ0n) is 21.4. The third-order valence-electron chi connectivity index (χ3n) is 7.52. The summed E-state index contributed by atoms with van der Waals surface area (Å²) in [5, 5.41) is 5.17. The Hall–Kier alpha value is -4.82. The summed E-state index contributed by atoms with van der Waals surface area (Å²) in [7, 11) is 0. The second-order valence-electron chi connectivity index (χ2n) is 9.85. The summed E-state index contributed by atoms with van der Waals surface area (Å²) in [5.41, 5.74) is 9.75. The first kappa shape index (κ1) is 22.4. The number of aryl methyl sites for hydroxylation is 1. The minimum atomic E-state index is 0.970. The molecule has 0 aliphatic carbocycles. The maximum absolute atomic E-state index is 3.50. The minimum Gasteiger partial charge on any atom is -0.355 e. The fraction of sp³-hybridized carbons (Fsp3) is 0.0556. The Bertz CT molecular complexity index is 2000. The molecule has 0 unspecified atom stereocenters. The van der Waals surface area contributed by atoms with Gasteiger partial charge >= 0.3 is 0 Å². The fourth-order valence-electron chi connectivity index (χ4n) is 5.59. The quantitative estimate of drug-likeness (QED) is 0.233. The Balaban J connectivity index is 1.11. The number of hydrogen-bond donors (Lipinski definition) is 1. The fourth-order valence-corrected chi connectivity index (χ4v) is 5.59. The normalized spacial score (nSPS) is 12.2.